The Morgan fingerprint density at radius 2 is 2.16 bits per heavy atom. The number of aromatic nitrogens is 1. The first kappa shape index (κ1) is 18.7. The van der Waals surface area contributed by atoms with E-state index in [4.69, 9.17) is 4.74 Å². The number of carbonyl (C=O) groups excluding carboxylic acids is 1. The van der Waals surface area contributed by atoms with Crippen LogP contribution in [0.4, 0.5) is 0 Å². The van der Waals surface area contributed by atoms with E-state index < -0.39 is 21.2 Å². The number of morpholine rings is 1. The average molecular weight is 448 g/mol. The van der Waals surface area contributed by atoms with Crippen molar-refractivity contribution < 1.29 is 17.9 Å². The van der Waals surface area contributed by atoms with Crippen molar-refractivity contribution >= 4 is 53.4 Å². The fraction of sp³-hybridized carbons (Fsp3) is 0.467. The van der Waals surface area contributed by atoms with E-state index in [0.29, 0.717) is 25.3 Å². The Labute approximate surface area is 158 Å². The molecular formula is C15H18BrN3O4S2. The summed E-state index contributed by atoms with van der Waals surface area (Å²) in [5, 5.41) is 1.56. The van der Waals surface area contributed by atoms with Gasteiger partial charge in [-0.3, -0.25) is 4.79 Å². The summed E-state index contributed by atoms with van der Waals surface area (Å²) >= 11 is 4.62. The van der Waals surface area contributed by atoms with Crippen molar-refractivity contribution in [2.75, 3.05) is 32.8 Å². The van der Waals surface area contributed by atoms with Gasteiger partial charge in [0.05, 0.1) is 23.4 Å². The lowest BCUT2D eigenvalue weighted by atomic mass is 10.3. The van der Waals surface area contributed by atoms with E-state index in [1.54, 1.807) is 13.0 Å². The van der Waals surface area contributed by atoms with E-state index in [0.717, 1.165) is 9.17 Å². The number of hydrogen-bond acceptors (Lipinski definition) is 6. The highest BCUT2D eigenvalue weighted by atomic mass is 79.9. The Kier molecular flexibility index (Phi) is 5.74. The third-order valence-corrected chi connectivity index (χ3v) is 7.65. The SMILES string of the molecule is CCNC(=O)C(c1nc2ccc(Br)cc2s1)S(=O)(=O)N1CCOCC1. The van der Waals surface area contributed by atoms with Gasteiger partial charge in [0, 0.05) is 24.1 Å². The van der Waals surface area contributed by atoms with E-state index in [1.807, 2.05) is 12.1 Å². The molecule has 1 saturated heterocycles. The lowest BCUT2D eigenvalue weighted by Crippen LogP contribution is -2.46. The molecule has 10 heteroatoms. The van der Waals surface area contributed by atoms with E-state index >= 15 is 0 Å². The van der Waals surface area contributed by atoms with Crippen molar-refractivity contribution in [3.63, 3.8) is 0 Å². The fourth-order valence-electron chi connectivity index (χ4n) is 2.62. The molecule has 1 unspecified atom stereocenters. The standard InChI is InChI=1S/C15H18BrN3O4S2/c1-2-17-14(20)13(25(21,22)19-5-7-23-8-6-19)15-18-11-4-3-10(16)9-12(11)24-15/h3-4,9,13H,2,5-8H2,1H3,(H,17,20). The van der Waals surface area contributed by atoms with Crippen molar-refractivity contribution in [1.29, 1.82) is 0 Å². The second kappa shape index (κ2) is 7.67. The monoisotopic (exact) mass is 447 g/mol. The highest BCUT2D eigenvalue weighted by molar-refractivity contribution is 9.10. The van der Waals surface area contributed by atoms with Gasteiger partial charge in [-0.1, -0.05) is 15.9 Å². The molecule has 1 aliphatic rings. The summed E-state index contributed by atoms with van der Waals surface area (Å²) in [5.74, 6) is -0.549. The number of thiazole rings is 1. The molecule has 0 saturated carbocycles. The molecule has 1 fully saturated rings. The van der Waals surface area contributed by atoms with Crippen LogP contribution in [0.15, 0.2) is 22.7 Å². The molecule has 1 atom stereocenters. The van der Waals surface area contributed by atoms with Gasteiger partial charge in [-0.05, 0) is 25.1 Å². The first-order valence-electron chi connectivity index (χ1n) is 7.84. The minimum atomic E-state index is -3.88. The van der Waals surface area contributed by atoms with Crippen LogP contribution in [0, 0.1) is 0 Å². The average Bonchev–Trinajstić information content (AvgIpc) is 2.98. The maximum absolute atomic E-state index is 13.1. The summed E-state index contributed by atoms with van der Waals surface area (Å²) in [5.41, 5.74) is 0.676. The van der Waals surface area contributed by atoms with Crippen LogP contribution in [0.1, 0.15) is 17.2 Å². The quantitative estimate of drug-likeness (QED) is 0.755. The Hall–Kier alpha value is -1.07. The third-order valence-electron chi connectivity index (χ3n) is 3.81. The molecular weight excluding hydrogens is 430 g/mol. The van der Waals surface area contributed by atoms with Crippen LogP contribution in [-0.4, -0.2) is 56.5 Å². The third kappa shape index (κ3) is 3.87. The van der Waals surface area contributed by atoms with Crippen molar-refractivity contribution in [2.24, 2.45) is 0 Å². The van der Waals surface area contributed by atoms with Crippen LogP contribution >= 0.6 is 27.3 Å². The van der Waals surface area contributed by atoms with E-state index in [2.05, 4.69) is 26.2 Å². The molecule has 25 heavy (non-hydrogen) atoms. The van der Waals surface area contributed by atoms with Gasteiger partial charge < -0.3 is 10.1 Å². The zero-order valence-electron chi connectivity index (χ0n) is 13.6. The molecule has 0 radical (unpaired) electrons. The molecule has 1 aromatic carbocycles. The lowest BCUT2D eigenvalue weighted by Gasteiger charge is -2.29. The molecule has 3 rings (SSSR count). The molecule has 2 heterocycles. The van der Waals surface area contributed by atoms with Crippen LogP contribution in [-0.2, 0) is 19.6 Å². The smallest absolute Gasteiger partial charge is 0.246 e. The number of sulfonamides is 1. The van der Waals surface area contributed by atoms with Crippen LogP contribution in [0.2, 0.25) is 0 Å². The Balaban J connectivity index is 2.05. The summed E-state index contributed by atoms with van der Waals surface area (Å²) < 4.78 is 34.5. The van der Waals surface area contributed by atoms with Gasteiger partial charge in [0.25, 0.3) is 0 Å². The van der Waals surface area contributed by atoms with Crippen LogP contribution < -0.4 is 5.32 Å². The first-order chi connectivity index (χ1) is 11.9. The number of nitrogens with one attached hydrogen (secondary N) is 1. The summed E-state index contributed by atoms with van der Waals surface area (Å²) in [6.07, 6.45) is 0. The molecule has 1 amide bonds. The second-order valence-electron chi connectivity index (χ2n) is 5.50. The molecule has 1 N–H and O–H groups in total. The molecule has 1 aromatic heterocycles. The van der Waals surface area contributed by atoms with Gasteiger partial charge in [0.2, 0.25) is 21.2 Å². The minimum Gasteiger partial charge on any atom is -0.379 e. The van der Waals surface area contributed by atoms with Crippen molar-refractivity contribution in [3.05, 3.63) is 27.7 Å². The summed E-state index contributed by atoms with van der Waals surface area (Å²) in [7, 11) is -3.88. The van der Waals surface area contributed by atoms with Gasteiger partial charge in [0.15, 0.2) is 0 Å². The van der Waals surface area contributed by atoms with Gasteiger partial charge in [-0.2, -0.15) is 4.31 Å². The predicted octanol–water partition coefficient (Wildman–Crippen LogP) is 1.90. The predicted molar refractivity (Wildman–Crippen MR) is 100 cm³/mol. The number of rotatable bonds is 5. The summed E-state index contributed by atoms with van der Waals surface area (Å²) in [4.78, 5) is 17.0. The van der Waals surface area contributed by atoms with Crippen LogP contribution in [0.3, 0.4) is 0 Å². The van der Waals surface area contributed by atoms with Crippen molar-refractivity contribution in [2.45, 2.75) is 12.2 Å². The topological polar surface area (TPSA) is 88.6 Å². The van der Waals surface area contributed by atoms with Crippen molar-refractivity contribution in [3.8, 4) is 0 Å². The van der Waals surface area contributed by atoms with Gasteiger partial charge >= 0.3 is 0 Å². The number of ether oxygens (including phenoxy) is 1. The minimum absolute atomic E-state index is 0.245. The van der Waals surface area contributed by atoms with Gasteiger partial charge in [-0.25, -0.2) is 13.4 Å². The Bertz CT molecular complexity index is 878. The highest BCUT2D eigenvalue weighted by Gasteiger charge is 2.41. The first-order valence-corrected chi connectivity index (χ1v) is 10.9. The van der Waals surface area contributed by atoms with E-state index in [9.17, 15) is 13.2 Å². The normalized spacial score (nSPS) is 17.5. The molecule has 0 bridgehead atoms. The zero-order valence-corrected chi connectivity index (χ0v) is 16.8. The number of fused-ring (bicyclic) bond motifs is 1. The lowest BCUT2D eigenvalue weighted by molar-refractivity contribution is -0.120. The maximum atomic E-state index is 13.1. The summed E-state index contributed by atoms with van der Waals surface area (Å²) in [6.45, 7) is 3.25. The Morgan fingerprint density at radius 1 is 1.44 bits per heavy atom. The van der Waals surface area contributed by atoms with Gasteiger partial charge in [0.1, 0.15) is 5.01 Å². The van der Waals surface area contributed by atoms with E-state index in [-0.39, 0.29) is 18.1 Å². The fourth-order valence-corrected chi connectivity index (χ4v) is 6.25. The van der Waals surface area contributed by atoms with Crippen LogP contribution in [0.5, 0.6) is 0 Å². The van der Waals surface area contributed by atoms with Crippen molar-refractivity contribution in [1.82, 2.24) is 14.6 Å². The largest absolute Gasteiger partial charge is 0.379 e. The van der Waals surface area contributed by atoms with Crippen LogP contribution in [0.25, 0.3) is 10.2 Å². The molecule has 136 valence electrons. The maximum Gasteiger partial charge on any atom is 0.246 e. The number of nitrogens with zero attached hydrogens (tertiary/aromatic N) is 2. The number of halogens is 1. The number of amides is 1. The highest BCUT2D eigenvalue weighted by Crippen LogP contribution is 2.34. The molecule has 0 aliphatic carbocycles. The van der Waals surface area contributed by atoms with Gasteiger partial charge in [-0.15, -0.1) is 11.3 Å². The number of likely N-dealkylation sites (N-methyl/N-ethyl adjacent to an activating group) is 1. The Morgan fingerprint density at radius 3 is 2.84 bits per heavy atom. The molecule has 7 nitrogen and oxygen atoms in total. The molecule has 0 spiro atoms. The number of hydrogen-bond donors (Lipinski definition) is 1. The second-order valence-corrected chi connectivity index (χ2v) is 9.49. The van der Waals surface area contributed by atoms with E-state index in [1.165, 1.54) is 15.6 Å². The molecule has 2 aromatic rings. The zero-order chi connectivity index (χ0) is 18.0. The summed E-state index contributed by atoms with van der Waals surface area (Å²) in [6, 6.07) is 5.51. The number of carbonyl (C=O) groups is 1. The number of benzene rings is 1. The molecule has 1 aliphatic heterocycles.